The van der Waals surface area contributed by atoms with Crippen molar-refractivity contribution >= 4 is 17.7 Å². The number of carboxylic acids is 1. The van der Waals surface area contributed by atoms with Crippen molar-refractivity contribution in [3.63, 3.8) is 0 Å². The zero-order valence-corrected chi connectivity index (χ0v) is 15.3. The van der Waals surface area contributed by atoms with Crippen molar-refractivity contribution in [3.8, 4) is 0 Å². The topological polar surface area (TPSA) is 56.7 Å². The summed E-state index contributed by atoms with van der Waals surface area (Å²) in [6.45, 7) is 2.06. The molecule has 125 valence electrons. The number of carboxylic acid groups (broad SMARTS) is 1. The third-order valence-corrected chi connectivity index (χ3v) is 3.34. The van der Waals surface area contributed by atoms with E-state index in [2.05, 4.69) is 51.9 Å². The van der Waals surface area contributed by atoms with Gasteiger partial charge in [0.25, 0.3) is 0 Å². The van der Waals surface area contributed by atoms with Gasteiger partial charge in [-0.1, -0.05) is 17.8 Å². The van der Waals surface area contributed by atoms with Crippen molar-refractivity contribution < 1.29 is 30.0 Å². The van der Waals surface area contributed by atoms with Crippen molar-refractivity contribution in [1.29, 1.82) is 0 Å². The molecule has 2 aromatic rings. The van der Waals surface area contributed by atoms with Crippen LogP contribution >= 0.6 is 0 Å². The minimum absolute atomic E-state index is 0. The van der Waals surface area contributed by atoms with Gasteiger partial charge in [0.05, 0.1) is 0 Å². The van der Waals surface area contributed by atoms with Gasteiger partial charge >= 0.3 is 5.97 Å². The summed E-state index contributed by atoms with van der Waals surface area (Å²) in [6, 6.07) is 14.1. The summed E-state index contributed by atoms with van der Waals surface area (Å²) in [5.74, 6) is -0.990. The number of carbonyl (C=O) groups is 1. The number of para-hydroxylation sites is 1. The molecule has 0 bridgehead atoms. The standard InChI is InChI=1S/C12H10N2.C6H5NO2.Ir/c1-13-8-11-7-6-10-4-2-3-5-12(10)14(11)9-13;8-6(9)5-3-1-2-4-7-5;/h2-4,6-9H,1H3;1-4H,(H,8,9);/q-2;;. The molecule has 5 nitrogen and oxygen atoms in total. The van der Waals surface area contributed by atoms with Crippen molar-refractivity contribution in [2.45, 2.75) is 0 Å². The number of rotatable bonds is 1. The summed E-state index contributed by atoms with van der Waals surface area (Å²) < 4.78 is 0. The molecule has 2 aliphatic heterocycles. The first-order valence-corrected chi connectivity index (χ1v) is 7.06. The number of aromatic carboxylic acids is 1. The molecule has 0 saturated heterocycles. The van der Waals surface area contributed by atoms with Gasteiger partial charge in [-0.2, -0.15) is 30.9 Å². The Morgan fingerprint density at radius 3 is 2.75 bits per heavy atom. The molecule has 1 aromatic carbocycles. The molecular weight excluding hydrogens is 482 g/mol. The monoisotopic (exact) mass is 498 g/mol. The third kappa shape index (κ3) is 3.91. The number of hydrogen-bond donors (Lipinski definition) is 1. The summed E-state index contributed by atoms with van der Waals surface area (Å²) in [4.78, 5) is 17.9. The fourth-order valence-electron chi connectivity index (χ4n) is 2.31. The molecule has 2 aliphatic rings. The van der Waals surface area contributed by atoms with Crippen LogP contribution in [0.3, 0.4) is 0 Å². The van der Waals surface area contributed by atoms with Crippen LogP contribution in [0.5, 0.6) is 0 Å². The van der Waals surface area contributed by atoms with Crippen LogP contribution in [-0.2, 0) is 20.1 Å². The normalized spacial score (nSPS) is 13.8. The first-order valence-electron chi connectivity index (χ1n) is 7.06. The number of pyridine rings is 1. The van der Waals surface area contributed by atoms with E-state index in [-0.39, 0.29) is 25.8 Å². The molecule has 0 amide bonds. The number of benzene rings is 1. The van der Waals surface area contributed by atoms with Gasteiger partial charge in [0.15, 0.2) is 0 Å². The molecule has 1 radical (unpaired) electrons. The van der Waals surface area contributed by atoms with E-state index in [1.165, 1.54) is 23.5 Å². The van der Waals surface area contributed by atoms with Crippen LogP contribution in [-0.4, -0.2) is 28.0 Å². The molecule has 0 atom stereocenters. The Labute approximate surface area is 154 Å². The zero-order valence-electron chi connectivity index (χ0n) is 12.9. The van der Waals surface area contributed by atoms with Crippen molar-refractivity contribution in [2.75, 3.05) is 11.9 Å². The minimum atomic E-state index is -0.990. The Bertz CT molecular complexity index is 775. The SMILES string of the molecule is CN1C=C2C=Cc3ccc[c-]c3N2[CH-]1.O=C(O)c1ccccn1.[Ir]. The van der Waals surface area contributed by atoms with E-state index in [0.717, 1.165) is 5.69 Å². The van der Waals surface area contributed by atoms with E-state index in [0.29, 0.717) is 0 Å². The second-order valence-electron chi connectivity index (χ2n) is 5.03. The fraction of sp³-hybridized carbons (Fsp3) is 0.0556. The maximum absolute atomic E-state index is 10.1. The predicted molar refractivity (Wildman–Crippen MR) is 88.1 cm³/mol. The molecule has 1 N–H and O–H groups in total. The van der Waals surface area contributed by atoms with Gasteiger partial charge in [0, 0.05) is 32.0 Å². The average Bonchev–Trinajstić information content (AvgIpc) is 2.97. The smallest absolute Gasteiger partial charge is 0.354 e. The Kier molecular flexibility index (Phi) is 5.90. The van der Waals surface area contributed by atoms with Gasteiger partial charge in [-0.15, -0.1) is 11.6 Å². The van der Waals surface area contributed by atoms with E-state index in [9.17, 15) is 4.79 Å². The summed E-state index contributed by atoms with van der Waals surface area (Å²) >= 11 is 0. The molecule has 6 heteroatoms. The fourth-order valence-corrected chi connectivity index (χ4v) is 2.31. The summed E-state index contributed by atoms with van der Waals surface area (Å²) in [6.07, 6.45) is 7.79. The molecule has 0 spiro atoms. The van der Waals surface area contributed by atoms with E-state index in [1.807, 2.05) is 19.2 Å². The second-order valence-corrected chi connectivity index (χ2v) is 5.03. The van der Waals surface area contributed by atoms with E-state index >= 15 is 0 Å². The third-order valence-electron chi connectivity index (χ3n) is 3.34. The Morgan fingerprint density at radius 1 is 1.25 bits per heavy atom. The maximum atomic E-state index is 10.1. The Morgan fingerprint density at radius 2 is 2.08 bits per heavy atom. The van der Waals surface area contributed by atoms with Gasteiger partial charge in [-0.25, -0.2) is 9.78 Å². The molecule has 0 aliphatic carbocycles. The van der Waals surface area contributed by atoms with E-state index < -0.39 is 5.97 Å². The maximum Gasteiger partial charge on any atom is 0.354 e. The number of allylic oxidation sites excluding steroid dienone is 1. The van der Waals surface area contributed by atoms with Crippen LogP contribution in [0.2, 0.25) is 0 Å². The summed E-state index contributed by atoms with van der Waals surface area (Å²) in [5, 5.41) is 8.32. The quantitative estimate of drug-likeness (QED) is 0.614. The number of nitrogens with zero attached hydrogens (tertiary/aromatic N) is 3. The van der Waals surface area contributed by atoms with Gasteiger partial charge < -0.3 is 14.9 Å². The summed E-state index contributed by atoms with van der Waals surface area (Å²) in [7, 11) is 2.03. The molecule has 3 heterocycles. The van der Waals surface area contributed by atoms with Crippen LogP contribution in [0.1, 0.15) is 16.1 Å². The second kappa shape index (κ2) is 7.90. The Balaban J connectivity index is 0.000000183. The first kappa shape index (κ1) is 17.9. The molecule has 0 saturated carbocycles. The number of fused-ring (bicyclic) bond motifs is 3. The molecule has 0 unspecified atom stereocenters. The van der Waals surface area contributed by atoms with Crippen LogP contribution in [0, 0.1) is 12.7 Å². The van der Waals surface area contributed by atoms with Crippen LogP contribution in [0.15, 0.2) is 60.6 Å². The van der Waals surface area contributed by atoms with Gasteiger partial charge in [0.1, 0.15) is 5.69 Å². The largest absolute Gasteiger partial charge is 0.510 e. The van der Waals surface area contributed by atoms with Crippen LogP contribution < -0.4 is 4.90 Å². The molecule has 1 aromatic heterocycles. The predicted octanol–water partition coefficient (Wildman–Crippen LogP) is 3.00. The van der Waals surface area contributed by atoms with E-state index in [4.69, 9.17) is 5.11 Å². The molecular formula is C18H15IrN3O2-2. The molecule has 4 rings (SSSR count). The zero-order chi connectivity index (χ0) is 16.2. The van der Waals surface area contributed by atoms with Crippen molar-refractivity contribution in [2.24, 2.45) is 0 Å². The van der Waals surface area contributed by atoms with E-state index in [1.54, 1.807) is 12.1 Å². The van der Waals surface area contributed by atoms with Crippen LogP contribution in [0.4, 0.5) is 5.69 Å². The minimum Gasteiger partial charge on any atom is -0.510 e. The summed E-state index contributed by atoms with van der Waals surface area (Å²) in [5.41, 5.74) is 3.63. The number of hydrogen-bond acceptors (Lipinski definition) is 4. The van der Waals surface area contributed by atoms with Gasteiger partial charge in [0.2, 0.25) is 0 Å². The molecule has 24 heavy (non-hydrogen) atoms. The van der Waals surface area contributed by atoms with Gasteiger partial charge in [-0.3, -0.25) is 0 Å². The van der Waals surface area contributed by atoms with Crippen molar-refractivity contribution in [3.05, 3.63) is 84.6 Å². The average molecular weight is 498 g/mol. The number of anilines is 1. The van der Waals surface area contributed by atoms with Crippen molar-refractivity contribution in [1.82, 2.24) is 9.88 Å². The first-order chi connectivity index (χ1) is 11.1. The Hall–Kier alpha value is -2.43. The molecule has 0 fully saturated rings. The number of aromatic nitrogens is 1. The van der Waals surface area contributed by atoms with Crippen LogP contribution in [0.25, 0.3) is 6.08 Å². The van der Waals surface area contributed by atoms with Gasteiger partial charge in [-0.05, 0) is 25.4 Å².